The van der Waals surface area contributed by atoms with Gasteiger partial charge in [-0.1, -0.05) is 62.2 Å². The van der Waals surface area contributed by atoms with Crippen LogP contribution in [0.3, 0.4) is 0 Å². The molecule has 0 spiro atoms. The molecule has 1 saturated heterocycles. The summed E-state index contributed by atoms with van der Waals surface area (Å²) >= 11 is 12.2. The predicted molar refractivity (Wildman–Crippen MR) is 143 cm³/mol. The number of allylic oxidation sites excluding steroid dienone is 1. The quantitative estimate of drug-likeness (QED) is 0.420. The molecule has 1 heterocycles. The molecular weight excluding hydrogens is 533 g/mol. The molecule has 0 aromatic heterocycles. The van der Waals surface area contributed by atoms with Gasteiger partial charge in [0.25, 0.3) is 0 Å². The Balaban J connectivity index is 2.29. The number of halogens is 4. The number of rotatable bonds is 6. The molecule has 0 aliphatic carbocycles. The van der Waals surface area contributed by atoms with Gasteiger partial charge in [-0.15, -0.1) is 0 Å². The largest absolute Gasteiger partial charge is 0.331 e. The van der Waals surface area contributed by atoms with Gasteiger partial charge in [-0.25, -0.2) is 8.78 Å². The first kappa shape index (κ1) is 29.6. The number of carbonyl (C=O) groups is 2. The molecule has 2 aromatic rings. The van der Waals surface area contributed by atoms with E-state index in [0.29, 0.717) is 12.1 Å². The Morgan fingerprint density at radius 2 is 1.87 bits per heavy atom. The normalized spacial score (nSPS) is 23.6. The summed E-state index contributed by atoms with van der Waals surface area (Å²) in [5.41, 5.74) is -1.76. The molecule has 0 bridgehead atoms. The van der Waals surface area contributed by atoms with E-state index in [2.05, 4.69) is 22.0 Å². The van der Waals surface area contributed by atoms with Crippen molar-refractivity contribution in [2.45, 2.75) is 64.5 Å². The van der Waals surface area contributed by atoms with Crippen LogP contribution in [0.5, 0.6) is 0 Å². The number of amides is 2. The summed E-state index contributed by atoms with van der Waals surface area (Å²) in [7, 11) is 0. The summed E-state index contributed by atoms with van der Waals surface area (Å²) in [4.78, 5) is 25.0. The highest BCUT2D eigenvalue weighted by Gasteiger charge is 2.61. The molecular formula is C28H30Cl2F2N4O2. The lowest BCUT2D eigenvalue weighted by atomic mass is 9.62. The van der Waals surface area contributed by atoms with Crippen LogP contribution in [0.25, 0.3) is 0 Å². The Morgan fingerprint density at radius 1 is 1.18 bits per heavy atom. The molecule has 4 atom stereocenters. The van der Waals surface area contributed by atoms with E-state index < -0.39 is 41.0 Å². The third-order valence-electron chi connectivity index (χ3n) is 6.54. The second-order valence-electron chi connectivity index (χ2n) is 10.7. The van der Waals surface area contributed by atoms with Gasteiger partial charge in [-0.3, -0.25) is 9.59 Å². The van der Waals surface area contributed by atoms with Crippen LogP contribution in [-0.2, 0) is 15.0 Å². The summed E-state index contributed by atoms with van der Waals surface area (Å²) in [6.45, 7) is 8.76. The van der Waals surface area contributed by atoms with Crippen LogP contribution in [-0.4, -0.2) is 23.9 Å². The Labute approximate surface area is 231 Å². The van der Waals surface area contributed by atoms with Crippen LogP contribution < -0.4 is 16.0 Å². The number of nitriles is 1. The molecule has 6 nitrogen and oxygen atoms in total. The highest BCUT2D eigenvalue weighted by molar-refractivity contribution is 6.31. The van der Waals surface area contributed by atoms with Crippen molar-refractivity contribution in [1.29, 1.82) is 5.26 Å². The van der Waals surface area contributed by atoms with Gasteiger partial charge in [0.05, 0.1) is 17.1 Å². The second kappa shape index (κ2) is 11.4. The third kappa shape index (κ3) is 6.01. The van der Waals surface area contributed by atoms with Gasteiger partial charge in [0.15, 0.2) is 0 Å². The molecule has 1 fully saturated rings. The van der Waals surface area contributed by atoms with E-state index in [0.717, 1.165) is 6.07 Å². The van der Waals surface area contributed by atoms with Crippen LogP contribution in [0, 0.1) is 28.4 Å². The van der Waals surface area contributed by atoms with E-state index in [1.807, 2.05) is 20.8 Å². The standard InChI is InChI=1S/C28H30Cl2F2N4O2/c1-15(13-34-16(2)37)35-26(38)25-23(18-7-6-8-20(30)24(18)32)28(14-33,22(36-25)12-27(3,4)5)19-10-9-17(29)11-21(19)31/h6-11,13,22-23,25,36H,12H2,1-5H3,(H,34,37)(H,35,38)/b15-13+/t22-,23?,25+,28-/m0/s1. The van der Waals surface area contributed by atoms with Gasteiger partial charge in [0, 0.05) is 41.4 Å². The lowest BCUT2D eigenvalue weighted by Gasteiger charge is -2.37. The molecule has 1 unspecified atom stereocenters. The van der Waals surface area contributed by atoms with Crippen molar-refractivity contribution in [2.75, 3.05) is 0 Å². The Bertz CT molecular complexity index is 1320. The van der Waals surface area contributed by atoms with Crippen molar-refractivity contribution in [2.24, 2.45) is 5.41 Å². The van der Waals surface area contributed by atoms with Gasteiger partial charge >= 0.3 is 0 Å². The first-order valence-corrected chi connectivity index (χ1v) is 12.8. The molecule has 2 aromatic carbocycles. The maximum absolute atomic E-state index is 15.6. The average Bonchev–Trinajstić information content (AvgIpc) is 3.12. The average molecular weight is 563 g/mol. The van der Waals surface area contributed by atoms with Crippen LogP contribution >= 0.6 is 23.2 Å². The zero-order valence-electron chi connectivity index (χ0n) is 21.8. The van der Waals surface area contributed by atoms with E-state index in [-0.39, 0.29) is 32.5 Å². The van der Waals surface area contributed by atoms with Crippen molar-refractivity contribution in [3.8, 4) is 6.07 Å². The minimum atomic E-state index is -1.72. The lowest BCUT2D eigenvalue weighted by molar-refractivity contribution is -0.122. The molecule has 38 heavy (non-hydrogen) atoms. The van der Waals surface area contributed by atoms with Crippen LogP contribution in [0.1, 0.15) is 58.1 Å². The molecule has 10 heteroatoms. The number of carbonyl (C=O) groups excluding carboxylic acids is 2. The number of hydrogen-bond acceptors (Lipinski definition) is 4. The maximum Gasteiger partial charge on any atom is 0.242 e. The van der Waals surface area contributed by atoms with Crippen molar-refractivity contribution in [3.63, 3.8) is 0 Å². The number of nitrogens with one attached hydrogen (secondary N) is 3. The summed E-state index contributed by atoms with van der Waals surface area (Å²) in [6.07, 6.45) is 1.68. The van der Waals surface area contributed by atoms with Gasteiger partial charge in [-0.05, 0) is 42.5 Å². The number of benzene rings is 2. The van der Waals surface area contributed by atoms with E-state index in [9.17, 15) is 14.9 Å². The number of hydrogen-bond donors (Lipinski definition) is 3. The lowest BCUT2D eigenvalue weighted by Crippen LogP contribution is -2.45. The summed E-state index contributed by atoms with van der Waals surface area (Å²) in [5, 5.41) is 19.2. The monoisotopic (exact) mass is 562 g/mol. The van der Waals surface area contributed by atoms with Gasteiger partial charge in [0.1, 0.15) is 17.0 Å². The Kier molecular flexibility index (Phi) is 8.87. The molecule has 1 aliphatic heterocycles. The summed E-state index contributed by atoms with van der Waals surface area (Å²) in [5.74, 6) is -3.63. The molecule has 202 valence electrons. The Morgan fingerprint density at radius 3 is 2.45 bits per heavy atom. The minimum absolute atomic E-state index is 0.000882. The predicted octanol–water partition coefficient (Wildman–Crippen LogP) is 5.71. The van der Waals surface area contributed by atoms with E-state index in [1.54, 1.807) is 6.92 Å². The molecule has 3 N–H and O–H groups in total. The SMILES string of the molecule is CC(=O)N/C=C(\C)NC(=O)[C@@H]1N[C@@H](CC(C)(C)C)[C@](C#N)(c2ccc(Cl)cc2F)C1c1cccc(Cl)c1F. The maximum atomic E-state index is 15.6. The zero-order chi connectivity index (χ0) is 28.4. The molecule has 0 radical (unpaired) electrons. The minimum Gasteiger partial charge on any atom is -0.331 e. The van der Waals surface area contributed by atoms with Crippen molar-refractivity contribution in [1.82, 2.24) is 16.0 Å². The zero-order valence-corrected chi connectivity index (χ0v) is 23.3. The van der Waals surface area contributed by atoms with Gasteiger partial charge in [0.2, 0.25) is 11.8 Å². The highest BCUT2D eigenvalue weighted by atomic mass is 35.5. The molecule has 0 saturated carbocycles. The molecule has 3 rings (SSSR count). The molecule has 1 aliphatic rings. The van der Waals surface area contributed by atoms with E-state index in [4.69, 9.17) is 23.2 Å². The Hall–Kier alpha value is -2.99. The fourth-order valence-corrected chi connectivity index (χ4v) is 5.42. The van der Waals surface area contributed by atoms with Gasteiger partial charge < -0.3 is 16.0 Å². The number of nitrogens with zero attached hydrogens (tertiary/aromatic N) is 1. The van der Waals surface area contributed by atoms with E-state index >= 15 is 8.78 Å². The second-order valence-corrected chi connectivity index (χ2v) is 11.5. The van der Waals surface area contributed by atoms with Crippen LogP contribution in [0.2, 0.25) is 10.0 Å². The topological polar surface area (TPSA) is 94.0 Å². The first-order chi connectivity index (χ1) is 17.7. The van der Waals surface area contributed by atoms with E-state index in [1.165, 1.54) is 43.5 Å². The van der Waals surface area contributed by atoms with Gasteiger partial charge in [-0.2, -0.15) is 5.26 Å². The summed E-state index contributed by atoms with van der Waals surface area (Å²) in [6, 6.07) is 8.68. The van der Waals surface area contributed by atoms with Crippen LogP contribution in [0.15, 0.2) is 48.3 Å². The van der Waals surface area contributed by atoms with Crippen molar-refractivity contribution < 1.29 is 18.4 Å². The first-order valence-electron chi connectivity index (χ1n) is 12.0. The van der Waals surface area contributed by atoms with Crippen molar-refractivity contribution >= 4 is 35.0 Å². The fourth-order valence-electron chi connectivity index (χ4n) is 5.07. The smallest absolute Gasteiger partial charge is 0.242 e. The molecule has 2 amide bonds. The van der Waals surface area contributed by atoms with Crippen molar-refractivity contribution in [3.05, 3.63) is 81.1 Å². The highest BCUT2D eigenvalue weighted by Crippen LogP contribution is 2.52. The summed E-state index contributed by atoms with van der Waals surface area (Å²) < 4.78 is 31.2. The fraction of sp³-hybridized carbons (Fsp3) is 0.393. The van der Waals surface area contributed by atoms with Crippen LogP contribution in [0.4, 0.5) is 8.78 Å². The third-order valence-corrected chi connectivity index (χ3v) is 7.07.